The van der Waals surface area contributed by atoms with Gasteiger partial charge in [0, 0.05) is 11.8 Å². The maximum Gasteiger partial charge on any atom is 0.310 e. The number of fused-ring (bicyclic) bond motifs is 1. The summed E-state index contributed by atoms with van der Waals surface area (Å²) >= 11 is 0. The summed E-state index contributed by atoms with van der Waals surface area (Å²) in [7, 11) is 0. The smallest absolute Gasteiger partial charge is 0.310 e. The molecule has 5 nitrogen and oxygen atoms in total. The highest BCUT2D eigenvalue weighted by molar-refractivity contribution is 5.85. The zero-order valence-electron chi connectivity index (χ0n) is 7.29. The lowest BCUT2D eigenvalue weighted by molar-refractivity contribution is -0.151. The molecule has 3 aliphatic rings. The van der Waals surface area contributed by atoms with Crippen molar-refractivity contribution in [2.45, 2.75) is 18.6 Å². The highest BCUT2D eigenvalue weighted by atomic mass is 16.6. The Morgan fingerprint density at radius 2 is 2.21 bits per heavy atom. The molecule has 0 amide bonds. The lowest BCUT2D eigenvalue weighted by Crippen LogP contribution is -2.31. The molecule has 5 heteroatoms. The summed E-state index contributed by atoms with van der Waals surface area (Å²) in [5, 5.41) is 18.7. The fourth-order valence-corrected chi connectivity index (χ4v) is 3.37. The maximum absolute atomic E-state index is 11.4. The van der Waals surface area contributed by atoms with E-state index in [0.717, 1.165) is 0 Å². The fourth-order valence-electron chi connectivity index (χ4n) is 3.37. The first-order valence-electron chi connectivity index (χ1n) is 4.72. The van der Waals surface area contributed by atoms with E-state index in [1.165, 1.54) is 0 Å². The maximum atomic E-state index is 11.4. The number of carbonyl (C=O) groups is 2. The number of rotatable bonds is 1. The number of carboxylic acids is 1. The lowest BCUT2D eigenvalue weighted by atomic mass is 9.80. The number of aliphatic hydroxyl groups excluding tert-OH is 1. The van der Waals surface area contributed by atoms with Crippen molar-refractivity contribution in [2.24, 2.45) is 23.7 Å². The summed E-state index contributed by atoms with van der Waals surface area (Å²) in [6.07, 6.45) is -0.397. The Bertz CT molecular complexity index is 325. The molecule has 3 fully saturated rings. The molecule has 1 saturated heterocycles. The minimum Gasteiger partial charge on any atom is -0.481 e. The van der Waals surface area contributed by atoms with Gasteiger partial charge in [0.2, 0.25) is 0 Å². The van der Waals surface area contributed by atoms with Crippen LogP contribution in [-0.2, 0) is 14.3 Å². The van der Waals surface area contributed by atoms with Crippen LogP contribution < -0.4 is 0 Å². The van der Waals surface area contributed by atoms with Gasteiger partial charge in [-0.1, -0.05) is 0 Å². The monoisotopic (exact) mass is 198 g/mol. The third-order valence-electron chi connectivity index (χ3n) is 3.85. The van der Waals surface area contributed by atoms with Crippen LogP contribution in [0.15, 0.2) is 0 Å². The standard InChI is InChI=1S/C9H10O5/c10-7-2-1-3-5(7)6(9(13)14-3)4(2)8(11)12/h2-7,10H,1H2,(H,11,12)/t2-,3+,4-,5+,6+,7+/m0/s1. The van der Waals surface area contributed by atoms with E-state index in [-0.39, 0.29) is 17.9 Å². The van der Waals surface area contributed by atoms with Gasteiger partial charge in [-0.25, -0.2) is 0 Å². The molecule has 0 spiro atoms. The Hall–Kier alpha value is -1.10. The molecule has 0 aromatic heterocycles. The predicted molar refractivity (Wildman–Crippen MR) is 42.1 cm³/mol. The summed E-state index contributed by atoms with van der Waals surface area (Å²) in [5.74, 6) is -3.33. The number of aliphatic hydroxyl groups is 1. The number of aliphatic carboxylic acids is 1. The Kier molecular flexibility index (Phi) is 1.34. The van der Waals surface area contributed by atoms with Crippen LogP contribution in [0.4, 0.5) is 0 Å². The van der Waals surface area contributed by atoms with Gasteiger partial charge in [-0.15, -0.1) is 0 Å². The van der Waals surface area contributed by atoms with E-state index in [9.17, 15) is 14.7 Å². The average molecular weight is 198 g/mol. The summed E-state index contributed by atoms with van der Waals surface area (Å²) in [6, 6.07) is 0. The van der Waals surface area contributed by atoms with Crippen LogP contribution >= 0.6 is 0 Å². The first-order chi connectivity index (χ1) is 6.61. The Balaban J connectivity index is 2.05. The predicted octanol–water partition coefficient (Wildman–Crippen LogP) is -0.761. The number of ether oxygens (including phenoxy) is 1. The van der Waals surface area contributed by atoms with Gasteiger partial charge in [0.15, 0.2) is 0 Å². The highest BCUT2D eigenvalue weighted by Crippen LogP contribution is 2.57. The lowest BCUT2D eigenvalue weighted by Gasteiger charge is -2.19. The Morgan fingerprint density at radius 1 is 1.50 bits per heavy atom. The molecule has 1 aliphatic heterocycles. The number of hydrogen-bond donors (Lipinski definition) is 2. The second-order valence-corrected chi connectivity index (χ2v) is 4.33. The molecule has 76 valence electrons. The molecule has 14 heavy (non-hydrogen) atoms. The van der Waals surface area contributed by atoms with Crippen LogP contribution in [-0.4, -0.2) is 34.4 Å². The number of esters is 1. The topological polar surface area (TPSA) is 83.8 Å². The first kappa shape index (κ1) is 8.23. The molecule has 2 N–H and O–H groups in total. The highest BCUT2D eigenvalue weighted by Gasteiger charge is 2.68. The van der Waals surface area contributed by atoms with Gasteiger partial charge in [-0.3, -0.25) is 9.59 Å². The SMILES string of the molecule is O=C1O[C@@H]2C[C@@H]3[C@@H](O)[C@H]2[C@H]1[C@H]3C(=O)O. The van der Waals surface area contributed by atoms with Crippen molar-refractivity contribution < 1.29 is 24.5 Å². The van der Waals surface area contributed by atoms with Crippen molar-refractivity contribution in [1.82, 2.24) is 0 Å². The van der Waals surface area contributed by atoms with Gasteiger partial charge < -0.3 is 14.9 Å². The van der Waals surface area contributed by atoms with E-state index in [1.54, 1.807) is 0 Å². The molecule has 0 aromatic carbocycles. The van der Waals surface area contributed by atoms with Crippen LogP contribution in [0.5, 0.6) is 0 Å². The van der Waals surface area contributed by atoms with E-state index in [0.29, 0.717) is 6.42 Å². The summed E-state index contributed by atoms with van der Waals surface area (Å²) in [6.45, 7) is 0. The Morgan fingerprint density at radius 3 is 2.86 bits per heavy atom. The van der Waals surface area contributed by atoms with Crippen molar-refractivity contribution in [3.05, 3.63) is 0 Å². The van der Waals surface area contributed by atoms with Crippen LogP contribution in [0.25, 0.3) is 0 Å². The van der Waals surface area contributed by atoms with Gasteiger partial charge in [0.25, 0.3) is 0 Å². The first-order valence-corrected chi connectivity index (χ1v) is 4.72. The van der Waals surface area contributed by atoms with Crippen molar-refractivity contribution in [3.63, 3.8) is 0 Å². The van der Waals surface area contributed by atoms with Crippen molar-refractivity contribution in [3.8, 4) is 0 Å². The van der Waals surface area contributed by atoms with Crippen LogP contribution in [0, 0.1) is 23.7 Å². The average Bonchev–Trinajstić information content (AvgIpc) is 2.62. The molecular formula is C9H10O5. The van der Waals surface area contributed by atoms with Gasteiger partial charge >= 0.3 is 11.9 Å². The molecule has 2 aliphatic carbocycles. The van der Waals surface area contributed by atoms with E-state index in [1.807, 2.05) is 0 Å². The summed E-state index contributed by atoms with van der Waals surface area (Å²) in [4.78, 5) is 22.3. The van der Waals surface area contributed by atoms with Gasteiger partial charge in [-0.05, 0) is 6.42 Å². The summed E-state index contributed by atoms with van der Waals surface area (Å²) in [5.41, 5.74) is 0. The molecule has 1 heterocycles. The van der Waals surface area contributed by atoms with Crippen molar-refractivity contribution >= 4 is 11.9 Å². The quantitative estimate of drug-likeness (QED) is 0.541. The molecular weight excluding hydrogens is 188 g/mol. The second-order valence-electron chi connectivity index (χ2n) is 4.33. The minimum atomic E-state index is -0.987. The third-order valence-corrected chi connectivity index (χ3v) is 3.85. The van der Waals surface area contributed by atoms with Crippen LogP contribution in [0.2, 0.25) is 0 Å². The van der Waals surface area contributed by atoms with E-state index >= 15 is 0 Å². The molecule has 2 bridgehead atoms. The van der Waals surface area contributed by atoms with Crippen LogP contribution in [0.3, 0.4) is 0 Å². The van der Waals surface area contributed by atoms with Gasteiger partial charge in [0.1, 0.15) is 6.10 Å². The number of carbonyl (C=O) groups excluding carboxylic acids is 1. The third kappa shape index (κ3) is 0.706. The molecule has 2 saturated carbocycles. The van der Waals surface area contributed by atoms with E-state index in [2.05, 4.69) is 0 Å². The van der Waals surface area contributed by atoms with Crippen molar-refractivity contribution in [1.29, 1.82) is 0 Å². The molecule has 0 unspecified atom stereocenters. The zero-order chi connectivity index (χ0) is 10.0. The molecule has 0 radical (unpaired) electrons. The second kappa shape index (κ2) is 2.28. The van der Waals surface area contributed by atoms with E-state index < -0.39 is 29.9 Å². The van der Waals surface area contributed by atoms with Crippen molar-refractivity contribution in [2.75, 3.05) is 0 Å². The fraction of sp³-hybridized carbons (Fsp3) is 0.778. The van der Waals surface area contributed by atoms with Gasteiger partial charge in [-0.2, -0.15) is 0 Å². The molecule has 0 aromatic rings. The zero-order valence-corrected chi connectivity index (χ0v) is 7.29. The molecule has 6 atom stereocenters. The Labute approximate surface area is 79.7 Å². The normalized spacial score (nSPS) is 53.6. The minimum absolute atomic E-state index is 0.233. The van der Waals surface area contributed by atoms with Crippen LogP contribution in [0.1, 0.15) is 6.42 Å². The van der Waals surface area contributed by atoms with E-state index in [4.69, 9.17) is 9.84 Å². The number of carboxylic acid groups (broad SMARTS) is 1. The van der Waals surface area contributed by atoms with Gasteiger partial charge in [0.05, 0.1) is 17.9 Å². The molecule has 3 rings (SSSR count). The largest absolute Gasteiger partial charge is 0.481 e. The number of hydrogen-bond acceptors (Lipinski definition) is 4. The summed E-state index contributed by atoms with van der Waals surface area (Å²) < 4.78 is 5.03.